The first kappa shape index (κ1) is 104. The summed E-state index contributed by atoms with van der Waals surface area (Å²) < 4.78 is 72.8. The molecule has 0 aromatic heterocycles. The Morgan fingerprint density at radius 2 is 0.575 bits per heavy atom. The summed E-state index contributed by atoms with van der Waals surface area (Å²) in [5, 5.41) is 27.0. The summed E-state index contributed by atoms with van der Waals surface area (Å²) in [6, 6.07) is 48.3. The molecule has 0 bridgehead atoms. The van der Waals surface area contributed by atoms with Crippen LogP contribution >= 0.6 is 61.1 Å². The number of aryl methyl sites for hydroxylation is 5. The van der Waals surface area contributed by atoms with Gasteiger partial charge in [-0.25, -0.2) is 46.2 Å². The minimum Gasteiger partial charge on any atom is -0.508 e. The average Bonchev–Trinajstić information content (AvgIpc) is 1.56. The number of phenols is 1. The monoisotopic (exact) mass is 2050 g/mol. The molecule has 38 heteroatoms. The molecule has 19 rings (SSSR count). The van der Waals surface area contributed by atoms with Crippen LogP contribution in [0, 0.1) is 108 Å². The zero-order valence-electron chi connectivity index (χ0n) is 80.5. The van der Waals surface area contributed by atoms with Crippen molar-refractivity contribution in [2.45, 2.75) is 166 Å². The smallest absolute Gasteiger partial charge is 0.259 e. The Morgan fingerprint density at radius 3 is 0.822 bits per heavy atom. The molecule has 9 fully saturated rings. The second-order valence-electron chi connectivity index (χ2n) is 36.7. The van der Waals surface area contributed by atoms with Gasteiger partial charge in [0.15, 0.2) is 59.8 Å². The summed E-state index contributed by atoms with van der Waals surface area (Å²) in [4.78, 5) is 136. The molecule has 0 unspecified atom stereocenters. The van der Waals surface area contributed by atoms with Gasteiger partial charge >= 0.3 is 0 Å². The number of carbonyl (C=O) groups is 8. The molecule has 0 radical (unpaired) electrons. The van der Waals surface area contributed by atoms with Crippen molar-refractivity contribution in [3.63, 3.8) is 0 Å². The maximum atomic E-state index is 14.7. The van der Waals surface area contributed by atoms with Crippen molar-refractivity contribution in [2.75, 3.05) is 70.1 Å². The fourth-order valence-electron chi connectivity index (χ4n) is 20.0. The van der Waals surface area contributed by atoms with Crippen molar-refractivity contribution >= 4 is 219 Å². The highest BCUT2D eigenvalue weighted by molar-refractivity contribution is 7.82. The van der Waals surface area contributed by atoms with E-state index in [2.05, 4.69) is 40.2 Å². The lowest BCUT2D eigenvalue weighted by molar-refractivity contribution is -0.124. The maximum Gasteiger partial charge on any atom is 0.259 e. The lowest BCUT2D eigenvalue weighted by atomic mass is 9.75. The molecule has 28 nitrogen and oxygen atoms in total. The van der Waals surface area contributed by atoms with Crippen LogP contribution in [0.1, 0.15) is 168 Å². The lowest BCUT2D eigenvalue weighted by Crippen LogP contribution is -2.55. The van der Waals surface area contributed by atoms with Crippen molar-refractivity contribution in [2.24, 2.45) is 0 Å². The fourth-order valence-corrected chi connectivity index (χ4v) is 22.4. The number of nitrogens with zero attached hydrogens (tertiary/aromatic N) is 16. The number of hydrogen-bond acceptors (Lipinski definition) is 15. The van der Waals surface area contributed by atoms with E-state index >= 15 is 0 Å². The number of thiocarbonyl (C=S) groups is 5. The third-order valence-electron chi connectivity index (χ3n) is 27.9. The van der Waals surface area contributed by atoms with Crippen LogP contribution in [0.25, 0.3) is 24.2 Å². The molecule has 9 aliphatic rings. The van der Waals surface area contributed by atoms with E-state index in [0.29, 0.717) is 131 Å². The average molecular weight is 2060 g/mol. The zero-order valence-corrected chi connectivity index (χ0v) is 84.6. The molecule has 5 aliphatic heterocycles. The van der Waals surface area contributed by atoms with E-state index in [0.717, 1.165) is 72.4 Å². The van der Waals surface area contributed by atoms with Gasteiger partial charge in [-0.1, -0.05) is 56.0 Å². The van der Waals surface area contributed by atoms with Crippen LogP contribution in [0.4, 0.5) is 107 Å². The SMILES string of the molecule is [C-]#[N+]c1ccc(N2C(=O)C(C)(C)N(c3ccc(C(=O)NC)c(F)c3)C2=S)cc1C.[C-]#[N+]c1ccc(N2C(=O)C3(CCC3)N(c3ccc(C(=O)NC)c(F)c3)C2=S)cc1C.[C-]#[N+]c1ccc(N2C(=O)C3(CCC3)N(c3ccc(O)cc3F)C2=S)cc1C.[C-]#[N+]c1ccc(N2C(=O)C3(CCCC3)N(c3ccc(C#N)c(F)c3)C2=S)cc1C.[C-]#[N+]c1ccc(N2C(=O)C3(CCCC3)N(c3ccc(C(=O)NC)c(F)c3)C2=S)cc1C. The zero-order chi connectivity index (χ0) is 106. The fraction of sp³-hybridized carbons (Fsp3) is 0.269. The highest BCUT2D eigenvalue weighted by atomic mass is 32.1. The molecule has 146 heavy (non-hydrogen) atoms. The first-order chi connectivity index (χ1) is 69.6. The number of nitriles is 1. The number of hydrogen-bond donors (Lipinski definition) is 4. The molecule has 4 saturated carbocycles. The van der Waals surface area contributed by atoms with Crippen LogP contribution in [0.2, 0.25) is 0 Å². The van der Waals surface area contributed by atoms with Gasteiger partial charge in [0, 0.05) is 78.4 Å². The van der Waals surface area contributed by atoms with Gasteiger partial charge in [0.25, 0.3) is 47.3 Å². The highest BCUT2D eigenvalue weighted by Crippen LogP contribution is 2.54. The Morgan fingerprint density at radius 1 is 0.329 bits per heavy atom. The standard InChI is InChI=1S/C23H21FN4O2S.C22H19FN4O2S.C22H17FN4OS.C21H19FN4O2S.C20H16FN3O2S/c1-14-12-15(7-9-19(14)25-2)27-21(30)23(10-4-5-11-23)28(22(27)31)16-6-8-17(18(24)13-16)20(29)26-3;1-13-11-14(6-8-18(13)24-2)26-20(29)22(9-4-10-22)27(21(26)30)15-5-7-16(17(23)12-15)19(28)25-3;1-14-11-16(7-8-19(14)25-2)26-20(28)22(9-3-4-10-22)27(21(26)29)17-6-5-15(13-24)18(23)12-17;1-12-10-13(7-9-17(12)23-4)25-19(28)21(2,3)26(20(25)29)14-6-8-15(16(22)11-14)18(27)24-5;1-12-10-13(4-6-16(12)22-2)23-18(26)20(8-3-9-20)24(19(23)27)17-7-5-14(25)11-15(17)21/h6-9,12-13H,4-5,10-11H2,1,3H3,(H,26,29);5-8,11-12H,4,9-10H2,1,3H3,(H,25,28);5-8,11-12H,3-4,9-10H2,1H3;6-11H,1-3,5H3,(H,24,27);4-7,10-11,25H,3,8-9H2,1H3. The summed E-state index contributed by atoms with van der Waals surface area (Å²) in [5.41, 5.74) is 6.33. The van der Waals surface area contributed by atoms with Crippen molar-refractivity contribution < 1.29 is 65.4 Å². The topological polar surface area (TPSA) is 271 Å². The number of rotatable bonds is 13. The van der Waals surface area contributed by atoms with E-state index in [-0.39, 0.29) is 88.8 Å². The van der Waals surface area contributed by atoms with Crippen molar-refractivity contribution in [3.05, 3.63) is 318 Å². The molecular weight excluding hydrogens is 1960 g/mol. The van der Waals surface area contributed by atoms with Crippen LogP contribution in [0.5, 0.6) is 5.75 Å². The summed E-state index contributed by atoms with van der Waals surface area (Å²) in [6.07, 6.45) is 10.1. The Kier molecular flexibility index (Phi) is 29.4. The number of nitrogens with one attached hydrogen (secondary N) is 3. The number of halogens is 5. The summed E-state index contributed by atoms with van der Waals surface area (Å²) in [7, 11) is 4.30. The molecule has 10 aromatic rings. The van der Waals surface area contributed by atoms with E-state index < -0.39 is 74.5 Å². The second kappa shape index (κ2) is 41.3. The molecule has 10 aromatic carbocycles. The van der Waals surface area contributed by atoms with Gasteiger partial charge < -0.3 is 45.6 Å². The largest absolute Gasteiger partial charge is 0.508 e. The Bertz CT molecular complexity index is 7560. The van der Waals surface area contributed by atoms with E-state index in [1.165, 1.54) is 106 Å². The van der Waals surface area contributed by atoms with Crippen LogP contribution < -0.4 is 64.9 Å². The highest BCUT2D eigenvalue weighted by Gasteiger charge is 2.64. The number of carbonyl (C=O) groups excluding carboxylic acids is 8. The first-order valence-electron chi connectivity index (χ1n) is 46.2. The van der Waals surface area contributed by atoms with Gasteiger partial charge in [-0.2, -0.15) is 5.26 Å². The molecule has 0 atom stereocenters. The van der Waals surface area contributed by atoms with Gasteiger partial charge in [0.2, 0.25) is 0 Å². The lowest BCUT2D eigenvalue weighted by Gasteiger charge is -2.43. The van der Waals surface area contributed by atoms with Crippen LogP contribution in [0.3, 0.4) is 0 Å². The summed E-state index contributed by atoms with van der Waals surface area (Å²) in [6.45, 7) is 48.5. The minimum atomic E-state index is -1.07. The second-order valence-corrected chi connectivity index (χ2v) is 38.5. The van der Waals surface area contributed by atoms with Gasteiger partial charge in [0.05, 0.1) is 60.8 Å². The normalized spacial score (nSPS) is 17.1. The van der Waals surface area contributed by atoms with Gasteiger partial charge in [-0.15, -0.1) is 0 Å². The molecular formula is C108H92F5N19O9S5. The quantitative estimate of drug-likeness (QED) is 0.0474. The van der Waals surface area contributed by atoms with Gasteiger partial charge in [-0.3, -0.25) is 62.9 Å². The number of benzene rings is 10. The van der Waals surface area contributed by atoms with Crippen molar-refractivity contribution in [3.8, 4) is 11.8 Å². The maximum absolute atomic E-state index is 14.7. The first-order valence-corrected chi connectivity index (χ1v) is 48.2. The number of amides is 8. The summed E-state index contributed by atoms with van der Waals surface area (Å²) in [5.74, 6) is -5.93. The molecule has 8 amide bonds. The molecule has 5 heterocycles. The van der Waals surface area contributed by atoms with E-state index in [4.69, 9.17) is 99.2 Å². The van der Waals surface area contributed by atoms with Gasteiger partial charge in [0.1, 0.15) is 62.8 Å². The van der Waals surface area contributed by atoms with Gasteiger partial charge in [-0.05, 0) is 347 Å². The third kappa shape index (κ3) is 18.0. The summed E-state index contributed by atoms with van der Waals surface area (Å²) >= 11 is 28.3. The van der Waals surface area contributed by atoms with Crippen molar-refractivity contribution in [1.29, 1.82) is 5.26 Å². The Balaban J connectivity index is 0.000000137. The molecule has 5 saturated heterocycles. The van der Waals surface area contributed by atoms with Crippen LogP contribution in [-0.4, -0.2) is 127 Å². The number of phenolic OH excluding ortho intramolecular Hbond substituents is 1. The Hall–Kier alpha value is -16.2. The molecule has 4 spiro atoms. The van der Waals surface area contributed by atoms with Crippen LogP contribution in [0.15, 0.2) is 182 Å². The minimum absolute atomic E-state index is 0.0483. The molecule has 738 valence electrons. The molecule has 4 N–H and O–H groups in total. The van der Waals surface area contributed by atoms with E-state index in [1.54, 1.807) is 167 Å². The predicted molar refractivity (Wildman–Crippen MR) is 568 cm³/mol. The number of anilines is 10. The third-order valence-corrected chi connectivity index (χ3v) is 29.7. The Labute approximate surface area is 866 Å². The van der Waals surface area contributed by atoms with Crippen LogP contribution in [-0.2, 0) is 24.0 Å². The van der Waals surface area contributed by atoms with E-state index in [1.807, 2.05) is 26.8 Å². The molecule has 4 aliphatic carbocycles. The van der Waals surface area contributed by atoms with Crippen molar-refractivity contribution in [1.82, 2.24) is 16.0 Å². The van der Waals surface area contributed by atoms with E-state index in [9.17, 15) is 65.4 Å². The number of aromatic hydroxyl groups is 1. The predicted octanol–water partition coefficient (Wildman–Crippen LogP) is 22.0.